The molecule has 1 heterocycles. The van der Waals surface area contributed by atoms with Gasteiger partial charge in [-0.1, -0.05) is 44.9 Å². The van der Waals surface area contributed by atoms with E-state index in [4.69, 9.17) is 0 Å². The molecule has 0 saturated carbocycles. The molecule has 2 aromatic carbocycles. The topological polar surface area (TPSA) is 85.2 Å². The first-order chi connectivity index (χ1) is 18.1. The Balaban J connectivity index is 2.31. The fourth-order valence-electron chi connectivity index (χ4n) is 4.14. The third-order valence-corrected chi connectivity index (χ3v) is 8.94. The summed E-state index contributed by atoms with van der Waals surface area (Å²) in [6.07, 6.45) is 1.70. The number of sulfone groups is 1. The number of carbonyl (C=O) groups is 1. The zero-order valence-electron chi connectivity index (χ0n) is 23.5. The summed E-state index contributed by atoms with van der Waals surface area (Å²) in [5, 5.41) is 0. The van der Waals surface area contributed by atoms with E-state index < -0.39 is 15.7 Å². The van der Waals surface area contributed by atoms with Gasteiger partial charge in [0.25, 0.3) is 5.56 Å². The maximum absolute atomic E-state index is 13.7. The number of ketones is 1. The normalized spacial score (nSPS) is 13.1. The molecule has 1 atom stereocenters. The van der Waals surface area contributed by atoms with Crippen LogP contribution in [0.4, 0.5) is 4.39 Å². The Kier molecular flexibility index (Phi) is 9.62. The molecule has 0 amide bonds. The van der Waals surface area contributed by atoms with E-state index in [1.807, 2.05) is 0 Å². The lowest BCUT2D eigenvalue weighted by molar-refractivity contribution is 0.103. The van der Waals surface area contributed by atoms with E-state index in [2.05, 4.69) is 39.3 Å². The maximum Gasteiger partial charge on any atom is 0.250 e. The van der Waals surface area contributed by atoms with Crippen molar-refractivity contribution >= 4 is 27.6 Å². The Bertz CT molecular complexity index is 1510. The number of carbonyl (C=O) groups excluding carboxylic acids is 1. The predicted molar refractivity (Wildman–Crippen MR) is 158 cm³/mol. The average molecular weight is 573 g/mol. The second-order valence-corrected chi connectivity index (χ2v) is 15.1. The van der Waals surface area contributed by atoms with Gasteiger partial charge in [0.1, 0.15) is 5.82 Å². The third kappa shape index (κ3) is 7.90. The number of rotatable bonds is 10. The van der Waals surface area contributed by atoms with Crippen molar-refractivity contribution in [3.63, 3.8) is 0 Å². The third-order valence-electron chi connectivity index (χ3n) is 6.31. The Labute approximate surface area is 235 Å². The Hall–Kier alpha value is -2.75. The van der Waals surface area contributed by atoms with Crippen LogP contribution in [0.2, 0.25) is 0 Å². The number of pyridine rings is 1. The van der Waals surface area contributed by atoms with Gasteiger partial charge in [-0.05, 0) is 73.7 Å². The molecule has 0 bridgehead atoms. The molecular formula is C30H37FN2O4S2. The molecule has 39 heavy (non-hydrogen) atoms. The van der Waals surface area contributed by atoms with Gasteiger partial charge in [-0.3, -0.25) is 14.3 Å². The van der Waals surface area contributed by atoms with Gasteiger partial charge in [-0.2, -0.15) is 0 Å². The lowest BCUT2D eigenvalue weighted by Crippen LogP contribution is -2.28. The molecule has 9 heteroatoms. The molecule has 0 spiro atoms. The number of aryl methyl sites for hydroxylation is 1. The van der Waals surface area contributed by atoms with Gasteiger partial charge in [0, 0.05) is 52.5 Å². The highest BCUT2D eigenvalue weighted by Crippen LogP contribution is 2.37. The highest BCUT2D eigenvalue weighted by Gasteiger charge is 2.26. The van der Waals surface area contributed by atoms with Crippen LogP contribution in [-0.4, -0.2) is 29.3 Å². The number of hydrogen-bond acceptors (Lipinski definition) is 6. The number of halogens is 1. The van der Waals surface area contributed by atoms with Crippen LogP contribution in [0.5, 0.6) is 0 Å². The number of nitrogens with one attached hydrogen (secondary N) is 1. The molecule has 6 nitrogen and oxygen atoms in total. The summed E-state index contributed by atoms with van der Waals surface area (Å²) in [6, 6.07) is 11.6. The molecular weight excluding hydrogens is 535 g/mol. The molecule has 0 aliphatic heterocycles. The number of hydrogen-bond donors (Lipinski definition) is 1. The van der Waals surface area contributed by atoms with Crippen LogP contribution in [0, 0.1) is 11.7 Å². The van der Waals surface area contributed by atoms with Crippen LogP contribution in [0.3, 0.4) is 0 Å². The summed E-state index contributed by atoms with van der Waals surface area (Å²) in [7, 11) is -1.70. The number of benzene rings is 2. The summed E-state index contributed by atoms with van der Waals surface area (Å²) >= 11 is 1.56. The van der Waals surface area contributed by atoms with Gasteiger partial charge >= 0.3 is 0 Å². The first kappa shape index (κ1) is 30.8. The lowest BCUT2D eigenvalue weighted by Gasteiger charge is -2.29. The standard InChI is InChI=1S/C30H37FN2O4S2/c1-8-39(36,37)18-20-9-14-23(29(35)21-10-12-22(31)13-11-21)24(15-20)26-17-33(7)27(34)16-25(26)28(19(2)3)32-38-30(4,5)6/h9-17,19,28,32H,8,18H2,1-7H3/t28-/m0/s1. The predicted octanol–water partition coefficient (Wildman–Crippen LogP) is 6.09. The molecule has 0 fully saturated rings. The minimum atomic E-state index is -3.34. The van der Waals surface area contributed by atoms with Crippen LogP contribution in [-0.2, 0) is 22.6 Å². The van der Waals surface area contributed by atoms with Crippen molar-refractivity contribution in [2.24, 2.45) is 13.0 Å². The first-order valence-electron chi connectivity index (χ1n) is 12.9. The first-order valence-corrected chi connectivity index (χ1v) is 15.5. The molecule has 0 aliphatic rings. The van der Waals surface area contributed by atoms with Crippen LogP contribution >= 0.6 is 11.9 Å². The van der Waals surface area contributed by atoms with Crippen LogP contribution in [0.25, 0.3) is 11.1 Å². The van der Waals surface area contributed by atoms with E-state index in [-0.39, 0.29) is 39.6 Å². The van der Waals surface area contributed by atoms with Crippen molar-refractivity contribution in [3.05, 3.63) is 93.2 Å². The van der Waals surface area contributed by atoms with Crippen molar-refractivity contribution < 1.29 is 17.6 Å². The van der Waals surface area contributed by atoms with Gasteiger partial charge in [0.15, 0.2) is 15.6 Å². The summed E-state index contributed by atoms with van der Waals surface area (Å²) in [4.78, 5) is 26.6. The Morgan fingerprint density at radius 2 is 1.69 bits per heavy atom. The van der Waals surface area contributed by atoms with Crippen LogP contribution in [0.1, 0.15) is 74.6 Å². The summed E-state index contributed by atoms with van der Waals surface area (Å²) in [5.74, 6) is -0.866. The molecule has 0 aliphatic carbocycles. The second-order valence-electron chi connectivity index (χ2n) is 11.0. The molecule has 0 saturated heterocycles. The largest absolute Gasteiger partial charge is 0.318 e. The molecule has 0 radical (unpaired) electrons. The number of nitrogens with zero attached hydrogens (tertiary/aromatic N) is 1. The van der Waals surface area contributed by atoms with E-state index >= 15 is 0 Å². The summed E-state index contributed by atoms with van der Waals surface area (Å²) in [5.41, 5.74) is 2.88. The number of aromatic nitrogens is 1. The fraction of sp³-hybridized carbons (Fsp3) is 0.400. The second kappa shape index (κ2) is 12.2. The molecule has 1 N–H and O–H groups in total. The van der Waals surface area contributed by atoms with Crippen molar-refractivity contribution in [1.29, 1.82) is 0 Å². The van der Waals surface area contributed by atoms with Crippen LogP contribution < -0.4 is 10.3 Å². The minimum Gasteiger partial charge on any atom is -0.318 e. The smallest absolute Gasteiger partial charge is 0.250 e. The lowest BCUT2D eigenvalue weighted by atomic mass is 9.87. The fourth-order valence-corrected chi connectivity index (χ4v) is 5.91. The van der Waals surface area contributed by atoms with Crippen molar-refractivity contribution in [2.45, 2.75) is 58.1 Å². The van der Waals surface area contributed by atoms with Crippen molar-refractivity contribution in [3.8, 4) is 11.1 Å². The van der Waals surface area contributed by atoms with E-state index in [0.717, 1.165) is 0 Å². The maximum atomic E-state index is 13.7. The monoisotopic (exact) mass is 572 g/mol. The van der Waals surface area contributed by atoms with E-state index in [1.54, 1.807) is 56.4 Å². The van der Waals surface area contributed by atoms with E-state index in [1.165, 1.54) is 28.8 Å². The summed E-state index contributed by atoms with van der Waals surface area (Å²) < 4.78 is 43.4. The highest BCUT2D eigenvalue weighted by atomic mass is 32.2. The minimum absolute atomic E-state index is 0.00689. The Morgan fingerprint density at radius 3 is 2.26 bits per heavy atom. The molecule has 1 aromatic heterocycles. The zero-order valence-corrected chi connectivity index (χ0v) is 25.2. The molecule has 3 rings (SSSR count). The SMILES string of the molecule is CCS(=O)(=O)Cc1ccc(C(=O)c2ccc(F)cc2)c(-c2cn(C)c(=O)cc2[C@@H](NSC(C)(C)C)C(C)C)c1. The van der Waals surface area contributed by atoms with Gasteiger partial charge in [-0.15, -0.1) is 0 Å². The van der Waals surface area contributed by atoms with Gasteiger partial charge < -0.3 is 4.57 Å². The molecule has 210 valence electrons. The van der Waals surface area contributed by atoms with Crippen molar-refractivity contribution in [1.82, 2.24) is 9.29 Å². The van der Waals surface area contributed by atoms with Gasteiger partial charge in [0.05, 0.1) is 5.75 Å². The van der Waals surface area contributed by atoms with Crippen LogP contribution in [0.15, 0.2) is 59.5 Å². The summed E-state index contributed by atoms with van der Waals surface area (Å²) in [6.45, 7) is 12.0. The van der Waals surface area contributed by atoms with E-state index in [0.29, 0.717) is 33.4 Å². The quantitative estimate of drug-likeness (QED) is 0.234. The zero-order chi connectivity index (χ0) is 29.1. The average Bonchev–Trinajstić information content (AvgIpc) is 2.85. The van der Waals surface area contributed by atoms with Gasteiger partial charge in [0.2, 0.25) is 0 Å². The van der Waals surface area contributed by atoms with E-state index in [9.17, 15) is 22.4 Å². The highest BCUT2D eigenvalue weighted by molar-refractivity contribution is 7.98. The van der Waals surface area contributed by atoms with Crippen molar-refractivity contribution in [2.75, 3.05) is 5.75 Å². The molecule has 0 unspecified atom stereocenters. The molecule has 3 aromatic rings. The Morgan fingerprint density at radius 1 is 1.05 bits per heavy atom. The van der Waals surface area contributed by atoms with Gasteiger partial charge in [-0.25, -0.2) is 12.8 Å².